The lowest BCUT2D eigenvalue weighted by Gasteiger charge is -2.52. The minimum absolute atomic E-state index is 0.0101. The maximum absolute atomic E-state index is 13.1. The molecule has 1 saturated heterocycles. The molecular weight excluding hydrogens is 436 g/mol. The molecule has 0 bridgehead atoms. The van der Waals surface area contributed by atoms with Crippen molar-refractivity contribution in [2.45, 2.75) is 53.3 Å². The van der Waals surface area contributed by atoms with Gasteiger partial charge in [-0.05, 0) is 44.9 Å². The highest BCUT2D eigenvalue weighted by Gasteiger charge is 2.53. The Balaban J connectivity index is 2.38. The van der Waals surface area contributed by atoms with Crippen molar-refractivity contribution < 1.29 is 33.7 Å². The molecule has 1 aromatic carbocycles. The SMILES string of the molecule is CCC(O[N+](=O)[O-])=C(C(=O)OCc1ccc([N+](=O)[O-])cc1)N1C(=O)CC1[N+](CC)(CC)CC. The summed E-state index contributed by atoms with van der Waals surface area (Å²) in [6.45, 7) is 9.38. The summed E-state index contributed by atoms with van der Waals surface area (Å²) in [7, 11) is 0. The van der Waals surface area contributed by atoms with Crippen molar-refractivity contribution in [2.24, 2.45) is 0 Å². The number of β-lactam (4-membered cyclic amide) rings is 1. The Hall–Kier alpha value is -3.54. The van der Waals surface area contributed by atoms with Crippen molar-refractivity contribution in [3.05, 3.63) is 61.5 Å². The lowest BCUT2D eigenvalue weighted by Crippen LogP contribution is -2.70. The van der Waals surface area contributed by atoms with Crippen LogP contribution in [0.1, 0.15) is 46.1 Å². The highest BCUT2D eigenvalue weighted by Crippen LogP contribution is 2.35. The largest absolute Gasteiger partial charge is 0.456 e. The number of allylic oxidation sites excluding steroid dienone is 1. The van der Waals surface area contributed by atoms with E-state index < -0.39 is 16.0 Å². The number of likely N-dealkylation sites (tertiary alicyclic amines) is 1. The smallest absolute Gasteiger partial charge is 0.357 e. The van der Waals surface area contributed by atoms with Gasteiger partial charge in [-0.15, -0.1) is 10.1 Å². The summed E-state index contributed by atoms with van der Waals surface area (Å²) in [5.74, 6) is -1.56. The average molecular weight is 465 g/mol. The van der Waals surface area contributed by atoms with Crippen molar-refractivity contribution in [1.29, 1.82) is 0 Å². The van der Waals surface area contributed by atoms with E-state index in [9.17, 15) is 29.8 Å². The Morgan fingerprint density at radius 2 is 1.67 bits per heavy atom. The topological polar surface area (TPSA) is 142 Å². The van der Waals surface area contributed by atoms with Crippen LogP contribution in [0.3, 0.4) is 0 Å². The molecule has 1 unspecified atom stereocenters. The zero-order chi connectivity index (χ0) is 24.8. The summed E-state index contributed by atoms with van der Waals surface area (Å²) in [6.07, 6.45) is -0.190. The molecule has 1 heterocycles. The third-order valence-electron chi connectivity index (χ3n) is 6.17. The predicted octanol–water partition coefficient (Wildman–Crippen LogP) is 2.90. The molecule has 33 heavy (non-hydrogen) atoms. The second kappa shape index (κ2) is 10.9. The number of amides is 1. The summed E-state index contributed by atoms with van der Waals surface area (Å²) in [5.41, 5.74) is 0.0872. The van der Waals surface area contributed by atoms with Crippen molar-refractivity contribution in [1.82, 2.24) is 4.90 Å². The van der Waals surface area contributed by atoms with E-state index in [0.717, 1.165) is 0 Å². The highest BCUT2D eigenvalue weighted by atomic mass is 17.0. The fourth-order valence-corrected chi connectivity index (χ4v) is 4.06. The molecule has 12 heteroatoms. The number of nitro benzene ring substituents is 1. The second-order valence-corrected chi connectivity index (χ2v) is 7.56. The van der Waals surface area contributed by atoms with Gasteiger partial charge in [0.05, 0.1) is 24.6 Å². The van der Waals surface area contributed by atoms with Crippen LogP contribution in [0.15, 0.2) is 35.7 Å². The summed E-state index contributed by atoms with van der Waals surface area (Å²) >= 11 is 0. The van der Waals surface area contributed by atoms with Crippen LogP contribution in [0.4, 0.5) is 5.69 Å². The molecule has 1 fully saturated rings. The molecule has 1 atom stereocenters. The number of carbonyl (C=O) groups excluding carboxylic acids is 2. The molecule has 2 rings (SSSR count). The van der Waals surface area contributed by atoms with E-state index in [1.807, 2.05) is 20.8 Å². The van der Waals surface area contributed by atoms with Gasteiger partial charge in [0.2, 0.25) is 5.91 Å². The molecule has 0 aromatic heterocycles. The third-order valence-corrected chi connectivity index (χ3v) is 6.17. The van der Waals surface area contributed by atoms with Crippen LogP contribution in [0, 0.1) is 20.2 Å². The Bertz CT molecular complexity index is 932. The molecule has 1 aliphatic heterocycles. The molecule has 1 amide bonds. The maximum atomic E-state index is 13.1. The quantitative estimate of drug-likeness (QED) is 0.0872. The van der Waals surface area contributed by atoms with Crippen molar-refractivity contribution in [2.75, 3.05) is 19.6 Å². The van der Waals surface area contributed by atoms with Gasteiger partial charge in [0, 0.05) is 12.1 Å². The molecular formula is C21H29N4O8+. The fourth-order valence-electron chi connectivity index (χ4n) is 4.06. The standard InChI is InChI=1S/C21H29N4O8/c1-5-17(33-24(30)31)20(22-18(13-19(22)26)25(6-2,7-3)8-4)21(27)32-14-15-9-11-16(12-10-15)23(28)29/h9-12,18H,5-8,13-14H2,1-4H3/q+1. The number of nitrogens with zero attached hydrogens (tertiary/aromatic N) is 4. The van der Waals surface area contributed by atoms with Crippen LogP contribution >= 0.6 is 0 Å². The number of quaternary nitrogens is 1. The Labute approximate surface area is 191 Å². The number of ether oxygens (including phenoxy) is 1. The lowest BCUT2D eigenvalue weighted by atomic mass is 10.0. The number of benzene rings is 1. The Morgan fingerprint density at radius 1 is 1.09 bits per heavy atom. The van der Waals surface area contributed by atoms with E-state index in [-0.39, 0.29) is 48.7 Å². The number of rotatable bonds is 12. The summed E-state index contributed by atoms with van der Waals surface area (Å²) in [4.78, 5) is 53.0. The van der Waals surface area contributed by atoms with Gasteiger partial charge < -0.3 is 9.22 Å². The molecule has 0 N–H and O–H groups in total. The highest BCUT2D eigenvalue weighted by molar-refractivity contribution is 5.97. The number of hydrogen-bond donors (Lipinski definition) is 0. The van der Waals surface area contributed by atoms with Gasteiger partial charge in [0.1, 0.15) is 18.8 Å². The zero-order valence-electron chi connectivity index (χ0n) is 19.2. The fraction of sp³-hybridized carbons (Fsp3) is 0.524. The van der Waals surface area contributed by atoms with Crippen LogP contribution < -0.4 is 0 Å². The van der Waals surface area contributed by atoms with Gasteiger partial charge in [-0.25, -0.2) is 4.79 Å². The van der Waals surface area contributed by atoms with Crippen LogP contribution in [0.25, 0.3) is 0 Å². The molecule has 0 aliphatic carbocycles. The second-order valence-electron chi connectivity index (χ2n) is 7.56. The molecule has 1 aromatic rings. The van der Waals surface area contributed by atoms with E-state index in [4.69, 9.17) is 4.74 Å². The summed E-state index contributed by atoms with van der Waals surface area (Å²) < 4.78 is 5.87. The zero-order valence-corrected chi connectivity index (χ0v) is 19.2. The molecule has 12 nitrogen and oxygen atoms in total. The van der Waals surface area contributed by atoms with Gasteiger partial charge in [-0.2, -0.15) is 0 Å². The van der Waals surface area contributed by atoms with Crippen LogP contribution in [-0.2, 0) is 25.8 Å². The van der Waals surface area contributed by atoms with E-state index in [1.54, 1.807) is 6.92 Å². The molecule has 180 valence electrons. The Kier molecular flexibility index (Phi) is 8.46. The average Bonchev–Trinajstić information content (AvgIpc) is 2.80. The van der Waals surface area contributed by atoms with E-state index in [2.05, 4.69) is 4.84 Å². The van der Waals surface area contributed by atoms with Gasteiger partial charge in [0.15, 0.2) is 11.9 Å². The minimum atomic E-state index is -1.02. The van der Waals surface area contributed by atoms with Gasteiger partial charge in [0.25, 0.3) is 10.8 Å². The number of hydrogen-bond acceptors (Lipinski definition) is 8. The number of esters is 1. The van der Waals surface area contributed by atoms with Gasteiger partial charge in [-0.3, -0.25) is 24.6 Å². The maximum Gasteiger partial charge on any atom is 0.357 e. The summed E-state index contributed by atoms with van der Waals surface area (Å²) in [6, 6.07) is 5.43. The third kappa shape index (κ3) is 5.45. The van der Waals surface area contributed by atoms with Crippen molar-refractivity contribution >= 4 is 17.6 Å². The normalized spacial score (nSPS) is 16.5. The minimum Gasteiger partial charge on any atom is -0.456 e. The Morgan fingerprint density at radius 3 is 2.09 bits per heavy atom. The van der Waals surface area contributed by atoms with Crippen LogP contribution in [0.2, 0.25) is 0 Å². The lowest BCUT2D eigenvalue weighted by molar-refractivity contribution is -0.958. The first-order chi connectivity index (χ1) is 15.6. The molecule has 0 radical (unpaired) electrons. The van der Waals surface area contributed by atoms with Crippen LogP contribution in [0.5, 0.6) is 0 Å². The first-order valence-electron chi connectivity index (χ1n) is 10.8. The van der Waals surface area contributed by atoms with Gasteiger partial charge >= 0.3 is 5.97 Å². The molecule has 1 aliphatic rings. The first kappa shape index (κ1) is 25.7. The predicted molar refractivity (Wildman–Crippen MR) is 115 cm³/mol. The number of nitro groups is 1. The van der Waals surface area contributed by atoms with Gasteiger partial charge in [-0.1, -0.05) is 6.92 Å². The van der Waals surface area contributed by atoms with E-state index in [1.165, 1.54) is 29.2 Å². The summed E-state index contributed by atoms with van der Waals surface area (Å²) in [5, 5.41) is 20.8. The number of carbonyl (C=O) groups is 2. The monoisotopic (exact) mass is 465 g/mol. The number of non-ortho nitro benzene ring substituents is 1. The first-order valence-corrected chi connectivity index (χ1v) is 10.8. The van der Waals surface area contributed by atoms with Crippen molar-refractivity contribution in [3.63, 3.8) is 0 Å². The van der Waals surface area contributed by atoms with Crippen LogP contribution in [-0.4, -0.2) is 57.1 Å². The molecule has 0 spiro atoms. The van der Waals surface area contributed by atoms with E-state index in [0.29, 0.717) is 29.7 Å². The van der Waals surface area contributed by atoms with Crippen molar-refractivity contribution in [3.8, 4) is 0 Å². The molecule has 0 saturated carbocycles. The van der Waals surface area contributed by atoms with E-state index >= 15 is 0 Å².